The molecule has 0 aliphatic carbocycles. The van der Waals surface area contributed by atoms with Gasteiger partial charge >= 0.3 is 30.4 Å². The zero-order chi connectivity index (χ0) is 42.8. The largest absolute Gasteiger partial charge is 0.490 e. The number of methoxy groups -OCH3 is 1. The standard InChI is InChI=1S/C30H29ClFN7O4.2C2HF3O2/c1-16-5-3-7-22(37-29(41)20-15-35-39(27(20)33)25-8-4-6-21(31)26(25)32)24-13-17(11-12-34-24)19-10-9-18(36-30(42)43-2)14-23(19)38-28(16)40;2*3-2(4,5)1(6)7/h4,6,8-16,22H,3,5,7,33H2,1-2H3,(H,36,42)(H,37,41)(H,38,40);2*(H,6,7)/t16-,22+;;/m1../s1. The molecule has 0 saturated carbocycles. The molecule has 1 aliphatic heterocycles. The zero-order valence-electron chi connectivity index (χ0n) is 29.3. The van der Waals surface area contributed by atoms with E-state index < -0.39 is 48.2 Å². The fourth-order valence-corrected chi connectivity index (χ4v) is 5.05. The number of nitrogens with two attached hydrogens (primary N) is 1. The number of carbonyl (C=O) groups excluding carboxylic acids is 3. The smallest absolute Gasteiger partial charge is 0.475 e. The highest BCUT2D eigenvalue weighted by Crippen LogP contribution is 2.34. The number of fused-ring (bicyclic) bond motifs is 4. The minimum absolute atomic E-state index is 0.0142. The van der Waals surface area contributed by atoms with Gasteiger partial charge in [0.1, 0.15) is 17.1 Å². The Labute approximate surface area is 322 Å². The molecule has 5 rings (SSSR count). The maximum Gasteiger partial charge on any atom is 0.490 e. The number of rotatable bonds is 4. The van der Waals surface area contributed by atoms with Gasteiger partial charge in [-0.1, -0.05) is 37.1 Å². The monoisotopic (exact) mass is 833 g/mol. The molecule has 0 radical (unpaired) electrons. The lowest BCUT2D eigenvalue weighted by Crippen LogP contribution is -2.30. The molecule has 1 aliphatic rings. The van der Waals surface area contributed by atoms with Gasteiger partial charge in [0.25, 0.3) is 5.91 Å². The highest BCUT2D eigenvalue weighted by molar-refractivity contribution is 6.30. The van der Waals surface area contributed by atoms with Crippen molar-refractivity contribution in [2.24, 2.45) is 5.92 Å². The molecule has 15 nitrogen and oxygen atoms in total. The van der Waals surface area contributed by atoms with E-state index in [0.717, 1.165) is 10.2 Å². The number of ether oxygens (including phenoxy) is 1. The van der Waals surface area contributed by atoms with Crippen LogP contribution in [0.4, 0.5) is 52.7 Å². The summed E-state index contributed by atoms with van der Waals surface area (Å²) in [6.07, 6.45) is -6.27. The molecular formula is C34H31ClF7N7O8. The SMILES string of the molecule is COC(=O)Nc1ccc2c(c1)NC(=O)[C@H](C)CCC[C@H](NC(=O)c1cnn(-c3cccc(Cl)c3F)c1N)c1cc-2ccn1.O=C(O)C(F)(F)F.O=C(O)C(F)(F)F. The van der Waals surface area contributed by atoms with Crippen LogP contribution in [0.15, 0.2) is 60.9 Å². The summed E-state index contributed by atoms with van der Waals surface area (Å²) in [6.45, 7) is 1.83. The summed E-state index contributed by atoms with van der Waals surface area (Å²) in [5.41, 5.74) is 9.28. The number of benzene rings is 2. The van der Waals surface area contributed by atoms with Crippen molar-refractivity contribution in [3.8, 4) is 16.8 Å². The Hall–Kier alpha value is -6.45. The lowest BCUT2D eigenvalue weighted by molar-refractivity contribution is -0.193. The molecular weight excluding hydrogens is 803 g/mol. The molecule has 0 saturated heterocycles. The number of carbonyl (C=O) groups is 5. The fraction of sp³-hybridized carbons (Fsp3) is 0.265. The van der Waals surface area contributed by atoms with Gasteiger partial charge in [-0.05, 0) is 54.8 Å². The van der Waals surface area contributed by atoms with Crippen molar-refractivity contribution in [1.29, 1.82) is 0 Å². The third-order valence-electron chi connectivity index (χ3n) is 7.74. The normalized spacial score (nSPS) is 15.3. The lowest BCUT2D eigenvalue weighted by atomic mass is 9.95. The van der Waals surface area contributed by atoms with Crippen LogP contribution in [0, 0.1) is 11.7 Å². The van der Waals surface area contributed by atoms with Crippen LogP contribution in [0.25, 0.3) is 16.8 Å². The zero-order valence-corrected chi connectivity index (χ0v) is 30.1. The quantitative estimate of drug-likeness (QED) is 0.115. The summed E-state index contributed by atoms with van der Waals surface area (Å²) >= 11 is 5.92. The Kier molecular flexibility index (Phi) is 14.9. The Bertz CT molecular complexity index is 2110. The fourth-order valence-electron chi connectivity index (χ4n) is 4.88. The molecule has 23 heteroatoms. The lowest BCUT2D eigenvalue weighted by Gasteiger charge is -2.22. The van der Waals surface area contributed by atoms with E-state index in [9.17, 15) is 45.1 Å². The second-order valence-corrected chi connectivity index (χ2v) is 12.1. The van der Waals surface area contributed by atoms with Crippen molar-refractivity contribution in [3.05, 3.63) is 83.0 Å². The van der Waals surface area contributed by atoms with E-state index in [1.807, 2.05) is 13.0 Å². The van der Waals surface area contributed by atoms with Crippen LogP contribution in [-0.2, 0) is 19.1 Å². The minimum Gasteiger partial charge on any atom is -0.475 e. The number of carboxylic acid groups (broad SMARTS) is 2. The maximum atomic E-state index is 14.6. The predicted molar refractivity (Wildman–Crippen MR) is 188 cm³/mol. The number of nitrogens with one attached hydrogen (secondary N) is 3. The van der Waals surface area contributed by atoms with Crippen molar-refractivity contribution in [2.75, 3.05) is 23.5 Å². The highest BCUT2D eigenvalue weighted by atomic mass is 35.5. The van der Waals surface area contributed by atoms with Crippen LogP contribution in [0.5, 0.6) is 0 Å². The summed E-state index contributed by atoms with van der Waals surface area (Å²) in [5.74, 6) is -7.31. The van der Waals surface area contributed by atoms with Crippen molar-refractivity contribution >= 4 is 58.6 Å². The molecule has 4 aromatic rings. The number of hydrogen-bond acceptors (Lipinski definition) is 9. The topological polar surface area (TPSA) is 228 Å². The van der Waals surface area contributed by atoms with E-state index in [-0.39, 0.29) is 33.9 Å². The number of nitrogens with zero attached hydrogens (tertiary/aromatic N) is 3. The highest BCUT2D eigenvalue weighted by Gasteiger charge is 2.39. The number of nitrogen functional groups attached to an aromatic ring is 1. The number of alkyl halides is 6. The molecule has 57 heavy (non-hydrogen) atoms. The Morgan fingerprint density at radius 3 is 2.23 bits per heavy atom. The van der Waals surface area contributed by atoms with Gasteiger partial charge in [-0.15, -0.1) is 0 Å². The Morgan fingerprint density at radius 1 is 1.00 bits per heavy atom. The number of hydrogen-bond donors (Lipinski definition) is 6. The van der Waals surface area contributed by atoms with Crippen molar-refractivity contribution in [3.63, 3.8) is 0 Å². The van der Waals surface area contributed by atoms with Gasteiger partial charge in [0.05, 0.1) is 35.8 Å². The third kappa shape index (κ3) is 12.3. The van der Waals surface area contributed by atoms with Crippen molar-refractivity contribution < 1.29 is 69.7 Å². The van der Waals surface area contributed by atoms with Gasteiger partial charge in [0.15, 0.2) is 5.82 Å². The summed E-state index contributed by atoms with van der Waals surface area (Å²) in [4.78, 5) is 60.7. The van der Waals surface area contributed by atoms with E-state index in [0.29, 0.717) is 41.9 Å². The Balaban J connectivity index is 0.000000531. The number of halogens is 8. The first kappa shape index (κ1) is 44.9. The van der Waals surface area contributed by atoms with Crippen molar-refractivity contribution in [1.82, 2.24) is 20.1 Å². The third-order valence-corrected chi connectivity index (χ3v) is 8.03. The number of pyridine rings is 1. The molecule has 2 aromatic carbocycles. The van der Waals surface area contributed by atoms with Gasteiger partial charge < -0.3 is 31.3 Å². The summed E-state index contributed by atoms with van der Waals surface area (Å²) in [7, 11) is 1.26. The first-order chi connectivity index (χ1) is 26.5. The molecule has 2 atom stereocenters. The molecule has 306 valence electrons. The molecule has 0 fully saturated rings. The van der Waals surface area contributed by atoms with E-state index in [1.54, 1.807) is 36.5 Å². The summed E-state index contributed by atoms with van der Waals surface area (Å²) in [6, 6.07) is 12.6. The van der Waals surface area contributed by atoms with Crippen LogP contribution in [-0.4, -0.2) is 74.3 Å². The Morgan fingerprint density at radius 2 is 1.63 bits per heavy atom. The van der Waals surface area contributed by atoms with Crippen LogP contribution in [0.1, 0.15) is 48.3 Å². The van der Waals surface area contributed by atoms with Gasteiger partial charge in [0, 0.05) is 23.4 Å². The average Bonchev–Trinajstić information content (AvgIpc) is 3.52. The van der Waals surface area contributed by atoms with Crippen LogP contribution in [0.2, 0.25) is 5.02 Å². The summed E-state index contributed by atoms with van der Waals surface area (Å²) < 4.78 is 83.9. The van der Waals surface area contributed by atoms with Gasteiger partial charge in [-0.25, -0.2) is 23.5 Å². The molecule has 0 unspecified atom stereocenters. The number of aliphatic carboxylic acids is 2. The number of amides is 3. The van der Waals surface area contributed by atoms with E-state index in [1.165, 1.54) is 25.4 Å². The van der Waals surface area contributed by atoms with Crippen molar-refractivity contribution in [2.45, 2.75) is 44.6 Å². The van der Waals surface area contributed by atoms with Gasteiger partial charge in [0.2, 0.25) is 5.91 Å². The molecule has 3 heterocycles. The molecule has 2 bridgehead atoms. The summed E-state index contributed by atoms with van der Waals surface area (Å²) in [5, 5.41) is 26.9. The first-order valence-electron chi connectivity index (χ1n) is 16.0. The van der Waals surface area contributed by atoms with E-state index in [2.05, 4.69) is 30.8 Å². The molecule has 2 aromatic heterocycles. The second-order valence-electron chi connectivity index (χ2n) is 11.7. The second kappa shape index (κ2) is 18.9. The van der Waals surface area contributed by atoms with Crippen LogP contribution < -0.4 is 21.7 Å². The average molecular weight is 834 g/mol. The van der Waals surface area contributed by atoms with Crippen LogP contribution in [0.3, 0.4) is 0 Å². The molecule has 0 spiro atoms. The molecule has 7 N–H and O–H groups in total. The van der Waals surface area contributed by atoms with E-state index in [4.69, 9.17) is 37.1 Å². The predicted octanol–water partition coefficient (Wildman–Crippen LogP) is 6.98. The number of aromatic nitrogens is 3. The minimum atomic E-state index is -5.08. The maximum absolute atomic E-state index is 14.6. The van der Waals surface area contributed by atoms with Gasteiger partial charge in [-0.3, -0.25) is 19.9 Å². The first-order valence-corrected chi connectivity index (χ1v) is 16.4. The van der Waals surface area contributed by atoms with Gasteiger partial charge in [-0.2, -0.15) is 31.4 Å². The number of carboxylic acids is 2. The van der Waals surface area contributed by atoms with E-state index >= 15 is 0 Å². The van der Waals surface area contributed by atoms with Crippen LogP contribution >= 0.6 is 11.6 Å². The molecule has 3 amide bonds. The number of anilines is 3.